The zero-order valence-electron chi connectivity index (χ0n) is 15.6. The van der Waals surface area contributed by atoms with Gasteiger partial charge in [-0.15, -0.1) is 0 Å². The van der Waals surface area contributed by atoms with Crippen LogP contribution in [0.2, 0.25) is 0 Å². The third-order valence-electron chi connectivity index (χ3n) is 5.37. The first-order valence-electron chi connectivity index (χ1n) is 8.64. The first kappa shape index (κ1) is 17.9. The highest BCUT2D eigenvalue weighted by molar-refractivity contribution is 6.27. The van der Waals surface area contributed by atoms with Crippen LogP contribution >= 0.6 is 0 Å². The highest BCUT2D eigenvalue weighted by Gasteiger charge is 2.57. The van der Waals surface area contributed by atoms with Gasteiger partial charge in [0, 0.05) is 32.2 Å². The van der Waals surface area contributed by atoms with Crippen LogP contribution in [0.4, 0.5) is 5.69 Å². The first-order valence-corrected chi connectivity index (χ1v) is 8.64. The average molecular weight is 378 g/mol. The van der Waals surface area contributed by atoms with Gasteiger partial charge in [-0.05, 0) is 24.3 Å². The Kier molecular flexibility index (Phi) is 3.87. The summed E-state index contributed by atoms with van der Waals surface area (Å²) in [6.45, 7) is 0. The number of likely N-dealkylation sites (N-methyl/N-ethyl adjacent to an activating group) is 1. The number of hydrogen-bond acceptors (Lipinski definition) is 5. The second-order valence-electron chi connectivity index (χ2n) is 6.70. The molecule has 4 rings (SSSR count). The van der Waals surface area contributed by atoms with Crippen LogP contribution in [-0.2, 0) is 22.2 Å². The molecule has 0 radical (unpaired) electrons. The zero-order valence-corrected chi connectivity index (χ0v) is 15.6. The highest BCUT2D eigenvalue weighted by atomic mass is 16.5. The molecule has 3 aromatic rings. The zero-order chi connectivity index (χ0) is 20.2. The van der Waals surface area contributed by atoms with Gasteiger partial charge < -0.3 is 19.3 Å². The van der Waals surface area contributed by atoms with Gasteiger partial charge in [-0.1, -0.05) is 24.3 Å². The fraction of sp³-hybridized carbons (Fsp3) is 0.190. The average Bonchev–Trinajstić information content (AvgIpc) is 2.73. The number of benzene rings is 2. The number of aryl methyl sites for hydroxylation is 1. The third-order valence-corrected chi connectivity index (χ3v) is 5.37. The molecule has 0 aliphatic carbocycles. The summed E-state index contributed by atoms with van der Waals surface area (Å²) in [6, 6.07) is 13.3. The number of amides is 1. The van der Waals surface area contributed by atoms with Crippen molar-refractivity contribution in [1.29, 1.82) is 0 Å². The fourth-order valence-electron chi connectivity index (χ4n) is 3.89. The number of ketones is 1. The largest absolute Gasteiger partial charge is 0.507 e. The molecule has 1 aliphatic heterocycles. The predicted molar refractivity (Wildman–Crippen MR) is 104 cm³/mol. The lowest BCUT2D eigenvalue weighted by Gasteiger charge is -2.38. The van der Waals surface area contributed by atoms with Gasteiger partial charge >= 0.3 is 0 Å². The van der Waals surface area contributed by atoms with Crippen LogP contribution in [-0.4, -0.2) is 35.5 Å². The Morgan fingerprint density at radius 1 is 0.964 bits per heavy atom. The number of carbonyl (C=O) groups excluding carboxylic acids is 2. The van der Waals surface area contributed by atoms with E-state index in [0.29, 0.717) is 16.6 Å². The number of para-hydroxylation sites is 2. The van der Waals surface area contributed by atoms with Gasteiger partial charge in [0.15, 0.2) is 0 Å². The van der Waals surface area contributed by atoms with E-state index >= 15 is 0 Å². The molecule has 0 saturated carbocycles. The summed E-state index contributed by atoms with van der Waals surface area (Å²) in [5.74, 6) is -1.85. The van der Waals surface area contributed by atoms with Crippen molar-refractivity contribution >= 4 is 28.3 Å². The quantitative estimate of drug-likeness (QED) is 0.689. The molecular weight excluding hydrogens is 360 g/mol. The van der Waals surface area contributed by atoms with Crippen LogP contribution in [0.25, 0.3) is 10.9 Å². The Morgan fingerprint density at radius 3 is 2.32 bits per heavy atom. The molecule has 1 amide bonds. The molecule has 1 N–H and O–H groups in total. The number of fused-ring (bicyclic) bond motifs is 2. The molecule has 2 aromatic carbocycles. The standard InChI is InChI=1S/C21H18N2O5/c1-22-14-10-6-4-8-12(14)17(24)16(19(22)26)21(28-3)18(25)13-9-5-7-11-15(13)23(2)20(21)27/h4-11,24H,1-3H3. The maximum Gasteiger partial charge on any atom is 0.272 e. The summed E-state index contributed by atoms with van der Waals surface area (Å²) in [4.78, 5) is 41.2. The maximum absolute atomic E-state index is 13.4. The SMILES string of the molecule is COC1(c2c(O)c3ccccc3n(C)c2=O)C(=O)c2ccccc2N(C)C1=O. The van der Waals surface area contributed by atoms with Crippen molar-refractivity contribution < 1.29 is 19.4 Å². The Morgan fingerprint density at radius 2 is 1.61 bits per heavy atom. The van der Waals surface area contributed by atoms with E-state index in [1.54, 1.807) is 48.5 Å². The molecule has 0 spiro atoms. The molecular formula is C21H18N2O5. The maximum atomic E-state index is 13.4. The number of ether oxygens (including phenoxy) is 1. The van der Waals surface area contributed by atoms with Gasteiger partial charge in [-0.3, -0.25) is 14.4 Å². The molecule has 1 aromatic heterocycles. The van der Waals surface area contributed by atoms with Crippen LogP contribution in [0.5, 0.6) is 5.75 Å². The molecule has 0 fully saturated rings. The van der Waals surface area contributed by atoms with Crippen molar-refractivity contribution in [3.8, 4) is 5.75 Å². The molecule has 7 heteroatoms. The van der Waals surface area contributed by atoms with Gasteiger partial charge in [-0.25, -0.2) is 0 Å². The number of hydrogen-bond donors (Lipinski definition) is 1. The van der Waals surface area contributed by atoms with Crippen molar-refractivity contribution in [3.63, 3.8) is 0 Å². The first-order chi connectivity index (χ1) is 13.4. The molecule has 0 bridgehead atoms. The Hall–Kier alpha value is -3.45. The van der Waals surface area contributed by atoms with E-state index in [4.69, 9.17) is 4.74 Å². The van der Waals surface area contributed by atoms with Gasteiger partial charge in [0.05, 0.1) is 11.2 Å². The number of Topliss-reactive ketones (excluding diaryl/α,β-unsaturated/α-hetero) is 1. The van der Waals surface area contributed by atoms with Crippen LogP contribution < -0.4 is 10.5 Å². The molecule has 142 valence electrons. The summed E-state index contributed by atoms with van der Waals surface area (Å²) in [6.07, 6.45) is 0. The van der Waals surface area contributed by atoms with E-state index in [1.807, 2.05) is 0 Å². The summed E-state index contributed by atoms with van der Waals surface area (Å²) in [7, 11) is 4.21. The molecule has 1 unspecified atom stereocenters. The van der Waals surface area contributed by atoms with E-state index in [2.05, 4.69) is 0 Å². The fourth-order valence-corrected chi connectivity index (χ4v) is 3.89. The summed E-state index contributed by atoms with van der Waals surface area (Å²) in [5, 5.41) is 11.3. The summed E-state index contributed by atoms with van der Waals surface area (Å²) >= 11 is 0. The van der Waals surface area contributed by atoms with Crippen molar-refractivity contribution in [3.05, 3.63) is 70.0 Å². The van der Waals surface area contributed by atoms with Crippen LogP contribution in [0.3, 0.4) is 0 Å². The van der Waals surface area contributed by atoms with Crippen molar-refractivity contribution in [2.24, 2.45) is 7.05 Å². The van der Waals surface area contributed by atoms with Crippen LogP contribution in [0, 0.1) is 0 Å². The van der Waals surface area contributed by atoms with Crippen molar-refractivity contribution in [1.82, 2.24) is 4.57 Å². The van der Waals surface area contributed by atoms with Gasteiger partial charge in [0.25, 0.3) is 11.5 Å². The predicted octanol–water partition coefficient (Wildman–Crippen LogP) is 1.95. The minimum atomic E-state index is -2.27. The second kappa shape index (κ2) is 6.03. The lowest BCUT2D eigenvalue weighted by Crippen LogP contribution is -2.58. The van der Waals surface area contributed by atoms with Crippen LogP contribution in [0.15, 0.2) is 53.3 Å². The second-order valence-corrected chi connectivity index (χ2v) is 6.70. The molecule has 1 aliphatic rings. The number of anilines is 1. The summed E-state index contributed by atoms with van der Waals surface area (Å²) in [5.41, 5.74) is -2.20. The van der Waals surface area contributed by atoms with Crippen LogP contribution in [0.1, 0.15) is 15.9 Å². The van der Waals surface area contributed by atoms with E-state index in [-0.39, 0.29) is 11.1 Å². The van der Waals surface area contributed by atoms with E-state index in [0.717, 1.165) is 0 Å². The minimum Gasteiger partial charge on any atom is -0.507 e. The smallest absolute Gasteiger partial charge is 0.272 e. The lowest BCUT2D eigenvalue weighted by atomic mass is 9.80. The monoisotopic (exact) mass is 378 g/mol. The minimum absolute atomic E-state index is 0.237. The highest BCUT2D eigenvalue weighted by Crippen LogP contribution is 2.43. The number of rotatable bonds is 2. The summed E-state index contributed by atoms with van der Waals surface area (Å²) < 4.78 is 6.77. The molecule has 28 heavy (non-hydrogen) atoms. The van der Waals surface area contributed by atoms with Gasteiger partial charge in [0.1, 0.15) is 11.3 Å². The number of aromatic nitrogens is 1. The Balaban J connectivity index is 2.15. The van der Waals surface area contributed by atoms with Crippen molar-refractivity contribution in [2.75, 3.05) is 19.1 Å². The number of nitrogens with zero attached hydrogens (tertiary/aromatic N) is 2. The Bertz CT molecular complexity index is 1210. The number of aromatic hydroxyl groups is 1. The topological polar surface area (TPSA) is 88.8 Å². The van der Waals surface area contributed by atoms with Crippen molar-refractivity contribution in [2.45, 2.75) is 5.60 Å². The number of carbonyl (C=O) groups is 2. The van der Waals surface area contributed by atoms with E-state index in [1.165, 1.54) is 30.7 Å². The molecule has 0 saturated heterocycles. The molecule has 7 nitrogen and oxygen atoms in total. The van der Waals surface area contributed by atoms with Gasteiger partial charge in [0.2, 0.25) is 11.4 Å². The van der Waals surface area contributed by atoms with E-state index < -0.39 is 28.6 Å². The van der Waals surface area contributed by atoms with Gasteiger partial charge in [-0.2, -0.15) is 0 Å². The normalized spacial score (nSPS) is 19.2. The third kappa shape index (κ3) is 2.05. The molecule has 1 atom stereocenters. The number of methoxy groups -OCH3 is 1. The van der Waals surface area contributed by atoms with E-state index in [9.17, 15) is 19.5 Å². The number of pyridine rings is 1. The lowest BCUT2D eigenvalue weighted by molar-refractivity contribution is -0.136. The Labute approximate surface area is 160 Å². The molecule has 2 heterocycles.